The van der Waals surface area contributed by atoms with Crippen molar-refractivity contribution in [3.63, 3.8) is 0 Å². The van der Waals surface area contributed by atoms with Gasteiger partial charge < -0.3 is 4.90 Å². The molecule has 0 unspecified atom stereocenters. The molecule has 1 amide bonds. The van der Waals surface area contributed by atoms with E-state index in [1.807, 2.05) is 30.3 Å². The number of carbonyl (C=O) groups excluding carboxylic acids is 1. The molecule has 0 spiro atoms. The summed E-state index contributed by atoms with van der Waals surface area (Å²) in [6.45, 7) is 2.69. The zero-order valence-electron chi connectivity index (χ0n) is 17.5. The van der Waals surface area contributed by atoms with Gasteiger partial charge in [0.2, 0.25) is 0 Å². The number of sulfonamides is 1. The average molecular weight is 435 g/mol. The molecule has 1 heterocycles. The smallest absolute Gasteiger partial charge is 0.261 e. The number of benzene rings is 3. The monoisotopic (exact) mass is 434 g/mol. The Morgan fingerprint density at radius 2 is 1.74 bits per heavy atom. The number of rotatable bonds is 7. The fourth-order valence-electron chi connectivity index (χ4n) is 3.83. The quantitative estimate of drug-likeness (QED) is 0.567. The number of carbonyl (C=O) groups is 1. The van der Waals surface area contributed by atoms with Crippen molar-refractivity contribution in [3.8, 4) is 0 Å². The number of hydrogen-bond acceptors (Lipinski definition) is 3. The van der Waals surface area contributed by atoms with Crippen LogP contribution in [0.4, 0.5) is 11.4 Å². The van der Waals surface area contributed by atoms with E-state index in [0.717, 1.165) is 30.5 Å². The van der Waals surface area contributed by atoms with Gasteiger partial charge in [0.05, 0.1) is 4.90 Å². The number of hydrogen-bond donors (Lipinski definition) is 1. The van der Waals surface area contributed by atoms with Crippen LogP contribution in [0.3, 0.4) is 0 Å². The highest BCUT2D eigenvalue weighted by atomic mass is 32.2. The molecule has 0 aromatic heterocycles. The highest BCUT2D eigenvalue weighted by Gasteiger charge is 2.27. The molecule has 0 fully saturated rings. The largest absolute Gasteiger partial charge is 0.308 e. The van der Waals surface area contributed by atoms with Crippen LogP contribution in [0.1, 0.15) is 41.3 Å². The van der Waals surface area contributed by atoms with E-state index in [-0.39, 0.29) is 10.8 Å². The van der Waals surface area contributed by atoms with Crippen molar-refractivity contribution >= 4 is 27.3 Å². The topological polar surface area (TPSA) is 66.5 Å². The fraction of sp³-hybridized carbons (Fsp3) is 0.240. The first-order valence-electron chi connectivity index (χ1n) is 10.6. The van der Waals surface area contributed by atoms with E-state index in [1.54, 1.807) is 47.4 Å². The average Bonchev–Trinajstić information content (AvgIpc) is 3.22. The number of nitrogens with one attached hydrogen (secondary N) is 1. The normalized spacial score (nSPS) is 13.1. The summed E-state index contributed by atoms with van der Waals surface area (Å²) in [4.78, 5) is 14.7. The number of anilines is 2. The van der Waals surface area contributed by atoms with Crippen LogP contribution in [0.25, 0.3) is 0 Å². The summed E-state index contributed by atoms with van der Waals surface area (Å²) >= 11 is 0. The highest BCUT2D eigenvalue weighted by molar-refractivity contribution is 7.92. The maximum absolute atomic E-state index is 12.9. The van der Waals surface area contributed by atoms with Crippen LogP contribution in [0, 0.1) is 0 Å². The lowest BCUT2D eigenvalue weighted by molar-refractivity contribution is 0.0989. The summed E-state index contributed by atoms with van der Waals surface area (Å²) in [5.41, 5.74) is 4.00. The van der Waals surface area contributed by atoms with Gasteiger partial charge in [0.15, 0.2) is 0 Å². The van der Waals surface area contributed by atoms with Gasteiger partial charge in [-0.3, -0.25) is 9.52 Å². The lowest BCUT2D eigenvalue weighted by atomic mass is 10.1. The van der Waals surface area contributed by atoms with E-state index in [0.29, 0.717) is 24.2 Å². The first-order valence-corrected chi connectivity index (χ1v) is 12.1. The van der Waals surface area contributed by atoms with E-state index in [4.69, 9.17) is 0 Å². The van der Waals surface area contributed by atoms with Gasteiger partial charge in [0, 0.05) is 23.5 Å². The van der Waals surface area contributed by atoms with Crippen LogP contribution < -0.4 is 9.62 Å². The maximum Gasteiger partial charge on any atom is 0.261 e. The Kier molecular flexibility index (Phi) is 6.09. The van der Waals surface area contributed by atoms with Gasteiger partial charge in [-0.05, 0) is 72.9 Å². The predicted molar refractivity (Wildman–Crippen MR) is 124 cm³/mol. The van der Waals surface area contributed by atoms with Gasteiger partial charge in [-0.2, -0.15) is 0 Å². The third-order valence-electron chi connectivity index (χ3n) is 5.55. The molecule has 0 bridgehead atoms. The molecule has 3 aromatic rings. The standard InChI is InChI=1S/C25H26N2O3S/c1-2-3-7-19-10-12-22(13-11-19)26-31(29,30)23-14-15-24-21(18-23)16-17-27(24)25(28)20-8-5-4-6-9-20/h4-6,8-15,18,26H,2-3,7,16-17H2,1H3. The molecule has 0 saturated heterocycles. The van der Waals surface area contributed by atoms with Gasteiger partial charge in [0.25, 0.3) is 15.9 Å². The minimum Gasteiger partial charge on any atom is -0.308 e. The first-order chi connectivity index (χ1) is 15.0. The summed E-state index contributed by atoms with van der Waals surface area (Å²) in [6.07, 6.45) is 3.86. The maximum atomic E-state index is 12.9. The second-order valence-corrected chi connectivity index (χ2v) is 9.45. The van der Waals surface area contributed by atoms with Crippen LogP contribution in [-0.2, 0) is 22.9 Å². The lowest BCUT2D eigenvalue weighted by Gasteiger charge is -2.18. The van der Waals surface area contributed by atoms with Crippen LogP contribution in [0.15, 0.2) is 77.7 Å². The Bertz CT molecular complexity index is 1170. The summed E-state index contributed by atoms with van der Waals surface area (Å²) in [5.74, 6) is -0.0729. The summed E-state index contributed by atoms with van der Waals surface area (Å²) < 4.78 is 28.5. The molecular formula is C25H26N2O3S. The molecule has 3 aromatic carbocycles. The van der Waals surface area contributed by atoms with Crippen LogP contribution >= 0.6 is 0 Å². The first kappa shape index (κ1) is 21.1. The third kappa shape index (κ3) is 4.64. The fourth-order valence-corrected chi connectivity index (χ4v) is 4.94. The molecule has 4 rings (SSSR count). The number of amides is 1. The molecule has 31 heavy (non-hydrogen) atoms. The zero-order chi connectivity index (χ0) is 21.8. The molecule has 0 radical (unpaired) electrons. The lowest BCUT2D eigenvalue weighted by Crippen LogP contribution is -2.28. The van der Waals surface area contributed by atoms with Crippen molar-refractivity contribution in [1.29, 1.82) is 0 Å². The van der Waals surface area contributed by atoms with Crippen molar-refractivity contribution in [3.05, 3.63) is 89.5 Å². The summed E-state index contributed by atoms with van der Waals surface area (Å²) in [5, 5.41) is 0. The van der Waals surface area contributed by atoms with Crippen molar-refractivity contribution in [2.75, 3.05) is 16.2 Å². The minimum absolute atomic E-state index is 0.0729. The molecule has 6 heteroatoms. The molecule has 160 valence electrons. The second-order valence-electron chi connectivity index (χ2n) is 7.77. The van der Waals surface area contributed by atoms with Crippen molar-refractivity contribution < 1.29 is 13.2 Å². The molecule has 0 aliphatic carbocycles. The van der Waals surface area contributed by atoms with Crippen LogP contribution in [0.5, 0.6) is 0 Å². The van der Waals surface area contributed by atoms with E-state index < -0.39 is 10.0 Å². The zero-order valence-corrected chi connectivity index (χ0v) is 18.4. The van der Waals surface area contributed by atoms with E-state index in [2.05, 4.69) is 11.6 Å². The number of fused-ring (bicyclic) bond motifs is 1. The van der Waals surface area contributed by atoms with Crippen molar-refractivity contribution in [1.82, 2.24) is 0 Å². The molecule has 1 N–H and O–H groups in total. The predicted octanol–water partition coefficient (Wildman–Crippen LogP) is 5.03. The van der Waals surface area contributed by atoms with Crippen LogP contribution in [0.2, 0.25) is 0 Å². The minimum atomic E-state index is -3.71. The number of nitrogens with zero attached hydrogens (tertiary/aromatic N) is 1. The Labute approximate surface area is 183 Å². The molecule has 0 atom stereocenters. The van der Waals surface area contributed by atoms with Gasteiger partial charge in [-0.25, -0.2) is 8.42 Å². The molecular weight excluding hydrogens is 408 g/mol. The van der Waals surface area contributed by atoms with Gasteiger partial charge in [-0.15, -0.1) is 0 Å². The number of aryl methyl sites for hydroxylation is 1. The van der Waals surface area contributed by atoms with Gasteiger partial charge in [0.1, 0.15) is 0 Å². The highest BCUT2D eigenvalue weighted by Crippen LogP contribution is 2.32. The van der Waals surface area contributed by atoms with Crippen LogP contribution in [-0.4, -0.2) is 20.9 Å². The van der Waals surface area contributed by atoms with Gasteiger partial charge in [-0.1, -0.05) is 43.7 Å². The molecule has 1 aliphatic rings. The molecule has 0 saturated carbocycles. The molecule has 5 nitrogen and oxygen atoms in total. The van der Waals surface area contributed by atoms with Gasteiger partial charge >= 0.3 is 0 Å². The second kappa shape index (κ2) is 8.94. The van der Waals surface area contributed by atoms with E-state index in [9.17, 15) is 13.2 Å². The molecule has 1 aliphatic heterocycles. The summed E-state index contributed by atoms with van der Waals surface area (Å²) in [7, 11) is -3.71. The SMILES string of the molecule is CCCCc1ccc(NS(=O)(=O)c2ccc3c(c2)CCN3C(=O)c2ccccc2)cc1. The van der Waals surface area contributed by atoms with E-state index in [1.165, 1.54) is 5.56 Å². The Morgan fingerprint density at radius 3 is 2.45 bits per heavy atom. The Balaban J connectivity index is 1.51. The number of unbranched alkanes of at least 4 members (excludes halogenated alkanes) is 1. The Morgan fingerprint density at radius 1 is 1.00 bits per heavy atom. The third-order valence-corrected chi connectivity index (χ3v) is 6.93. The van der Waals surface area contributed by atoms with Crippen molar-refractivity contribution in [2.24, 2.45) is 0 Å². The Hall–Kier alpha value is -3.12. The van der Waals surface area contributed by atoms with E-state index >= 15 is 0 Å². The van der Waals surface area contributed by atoms with Crippen molar-refractivity contribution in [2.45, 2.75) is 37.5 Å². The summed E-state index contributed by atoms with van der Waals surface area (Å²) in [6, 6.07) is 21.6.